The van der Waals surface area contributed by atoms with Gasteiger partial charge in [0, 0.05) is 31.6 Å². The molecule has 116 valence electrons. The number of rotatable bonds is 3. The van der Waals surface area contributed by atoms with Crippen molar-refractivity contribution < 1.29 is 14.3 Å². The molecule has 5 nitrogen and oxygen atoms in total. The number of amides is 1. The van der Waals surface area contributed by atoms with Gasteiger partial charge in [0.05, 0.1) is 6.61 Å². The first-order valence-corrected chi connectivity index (χ1v) is 7.47. The van der Waals surface area contributed by atoms with Gasteiger partial charge in [-0.15, -0.1) is 0 Å². The molecule has 1 rings (SSSR count). The molecule has 0 radical (unpaired) electrons. The molecule has 5 heteroatoms. The van der Waals surface area contributed by atoms with Gasteiger partial charge < -0.3 is 9.64 Å². The third-order valence-corrected chi connectivity index (χ3v) is 3.63. The molecule has 1 heterocycles. The molecule has 0 saturated carbocycles. The lowest BCUT2D eigenvalue weighted by Crippen LogP contribution is -2.44. The van der Waals surface area contributed by atoms with E-state index in [-0.39, 0.29) is 23.3 Å². The van der Waals surface area contributed by atoms with Gasteiger partial charge in [-0.05, 0) is 20.3 Å². The molecule has 0 unspecified atom stereocenters. The summed E-state index contributed by atoms with van der Waals surface area (Å²) >= 11 is 0. The highest BCUT2D eigenvalue weighted by Crippen LogP contribution is 2.19. The summed E-state index contributed by atoms with van der Waals surface area (Å²) < 4.78 is 5.07. The van der Waals surface area contributed by atoms with E-state index in [2.05, 4.69) is 4.90 Å². The van der Waals surface area contributed by atoms with Crippen LogP contribution in [0.4, 0.5) is 0 Å². The minimum absolute atomic E-state index is 0.178. The summed E-state index contributed by atoms with van der Waals surface area (Å²) in [6.45, 7) is 12.9. The molecule has 0 aromatic carbocycles. The smallest absolute Gasteiger partial charge is 0.323 e. The second-order valence-electron chi connectivity index (χ2n) is 6.36. The summed E-state index contributed by atoms with van der Waals surface area (Å²) in [5.74, 6) is 0.00577. The van der Waals surface area contributed by atoms with Gasteiger partial charge in [0.1, 0.15) is 6.04 Å². The standard InChI is InChI=1S/C15H28N2O3/c1-6-20-13(18)12(2)16-8-7-9-17(11-10-16)14(19)15(3,4)5/h12H,6-11H2,1-5H3/t12-/m0/s1. The first kappa shape index (κ1) is 17.0. The van der Waals surface area contributed by atoms with Gasteiger partial charge in [-0.25, -0.2) is 0 Å². The Morgan fingerprint density at radius 1 is 1.15 bits per heavy atom. The van der Waals surface area contributed by atoms with Crippen molar-refractivity contribution in [3.8, 4) is 0 Å². The van der Waals surface area contributed by atoms with Crippen molar-refractivity contribution in [3.05, 3.63) is 0 Å². The summed E-state index contributed by atoms with van der Waals surface area (Å²) in [6, 6.07) is -0.236. The van der Waals surface area contributed by atoms with E-state index >= 15 is 0 Å². The highest BCUT2D eigenvalue weighted by Gasteiger charge is 2.30. The van der Waals surface area contributed by atoms with E-state index in [9.17, 15) is 9.59 Å². The van der Waals surface area contributed by atoms with Crippen LogP contribution >= 0.6 is 0 Å². The third-order valence-electron chi connectivity index (χ3n) is 3.63. The van der Waals surface area contributed by atoms with E-state index < -0.39 is 0 Å². The molecule has 20 heavy (non-hydrogen) atoms. The summed E-state index contributed by atoms with van der Waals surface area (Å²) in [4.78, 5) is 28.1. The largest absolute Gasteiger partial charge is 0.465 e. The average molecular weight is 284 g/mol. The molecule has 1 fully saturated rings. The van der Waals surface area contributed by atoms with Crippen LogP contribution in [-0.4, -0.2) is 60.5 Å². The topological polar surface area (TPSA) is 49.9 Å². The van der Waals surface area contributed by atoms with Gasteiger partial charge in [0.15, 0.2) is 0 Å². The minimum Gasteiger partial charge on any atom is -0.465 e. The van der Waals surface area contributed by atoms with Gasteiger partial charge >= 0.3 is 5.97 Å². The number of carbonyl (C=O) groups is 2. The summed E-state index contributed by atoms with van der Waals surface area (Å²) in [6.07, 6.45) is 0.894. The fourth-order valence-electron chi connectivity index (χ4n) is 2.41. The number of carbonyl (C=O) groups excluding carboxylic acids is 2. The van der Waals surface area contributed by atoms with Crippen molar-refractivity contribution >= 4 is 11.9 Å². The van der Waals surface area contributed by atoms with E-state index in [1.165, 1.54) is 0 Å². The van der Waals surface area contributed by atoms with Crippen LogP contribution in [0.1, 0.15) is 41.0 Å². The van der Waals surface area contributed by atoms with Crippen molar-refractivity contribution in [1.82, 2.24) is 9.80 Å². The monoisotopic (exact) mass is 284 g/mol. The summed E-state index contributed by atoms with van der Waals surface area (Å²) in [7, 11) is 0. The molecule has 0 aromatic heterocycles. The molecule has 0 aliphatic carbocycles. The maximum absolute atomic E-state index is 12.3. The molecule has 0 spiro atoms. The molecule has 1 atom stereocenters. The third kappa shape index (κ3) is 4.47. The molecular weight excluding hydrogens is 256 g/mol. The first-order valence-electron chi connectivity index (χ1n) is 7.47. The molecular formula is C15H28N2O3. The maximum Gasteiger partial charge on any atom is 0.323 e. The van der Waals surface area contributed by atoms with Gasteiger partial charge in [-0.3, -0.25) is 14.5 Å². The molecule has 0 bridgehead atoms. The predicted molar refractivity (Wildman–Crippen MR) is 78.3 cm³/mol. The lowest BCUT2D eigenvalue weighted by Gasteiger charge is -2.29. The quantitative estimate of drug-likeness (QED) is 0.737. The van der Waals surface area contributed by atoms with Crippen LogP contribution in [-0.2, 0) is 14.3 Å². The van der Waals surface area contributed by atoms with Crippen molar-refractivity contribution in [2.24, 2.45) is 5.41 Å². The predicted octanol–water partition coefficient (Wildman–Crippen LogP) is 1.52. The summed E-state index contributed by atoms with van der Waals surface area (Å²) in [5.41, 5.74) is -0.345. The van der Waals surface area contributed by atoms with Crippen LogP contribution in [0.2, 0.25) is 0 Å². The zero-order valence-corrected chi connectivity index (χ0v) is 13.4. The molecule has 1 aliphatic rings. The van der Waals surface area contributed by atoms with Crippen molar-refractivity contribution in [2.45, 2.75) is 47.1 Å². The molecule has 1 aliphatic heterocycles. The average Bonchev–Trinajstić information content (AvgIpc) is 2.61. The van der Waals surface area contributed by atoms with Gasteiger partial charge in [0.2, 0.25) is 5.91 Å². The van der Waals surface area contributed by atoms with Crippen molar-refractivity contribution in [3.63, 3.8) is 0 Å². The van der Waals surface area contributed by atoms with E-state index in [0.717, 1.165) is 26.1 Å². The van der Waals surface area contributed by atoms with E-state index in [0.29, 0.717) is 13.2 Å². The fraction of sp³-hybridized carbons (Fsp3) is 0.867. The lowest BCUT2D eigenvalue weighted by molar-refractivity contribution is -0.148. The Morgan fingerprint density at radius 3 is 2.35 bits per heavy atom. The van der Waals surface area contributed by atoms with Crippen LogP contribution in [0.25, 0.3) is 0 Å². The number of hydrogen-bond acceptors (Lipinski definition) is 4. The SMILES string of the molecule is CCOC(=O)[C@H](C)N1CCCN(C(=O)C(C)(C)C)CC1. The zero-order valence-electron chi connectivity index (χ0n) is 13.4. The Labute approximate surface area is 122 Å². The Morgan fingerprint density at radius 2 is 1.80 bits per heavy atom. The minimum atomic E-state index is -0.345. The normalized spacial score (nSPS) is 19.4. The van der Waals surface area contributed by atoms with Crippen molar-refractivity contribution in [2.75, 3.05) is 32.8 Å². The van der Waals surface area contributed by atoms with Crippen LogP contribution in [0, 0.1) is 5.41 Å². The first-order chi connectivity index (χ1) is 9.27. The fourth-order valence-corrected chi connectivity index (χ4v) is 2.41. The van der Waals surface area contributed by atoms with Gasteiger partial charge in [0.25, 0.3) is 0 Å². The van der Waals surface area contributed by atoms with Crippen LogP contribution in [0.15, 0.2) is 0 Å². The number of nitrogens with zero attached hydrogens (tertiary/aromatic N) is 2. The zero-order chi connectivity index (χ0) is 15.3. The van der Waals surface area contributed by atoms with Crippen LogP contribution < -0.4 is 0 Å². The maximum atomic E-state index is 12.3. The van der Waals surface area contributed by atoms with Gasteiger partial charge in [-0.2, -0.15) is 0 Å². The highest BCUT2D eigenvalue weighted by molar-refractivity contribution is 5.81. The van der Waals surface area contributed by atoms with Crippen LogP contribution in [0.5, 0.6) is 0 Å². The number of ether oxygens (including phenoxy) is 1. The highest BCUT2D eigenvalue weighted by atomic mass is 16.5. The van der Waals surface area contributed by atoms with E-state index in [4.69, 9.17) is 4.74 Å². The number of esters is 1. The van der Waals surface area contributed by atoms with Crippen LogP contribution in [0.3, 0.4) is 0 Å². The lowest BCUT2D eigenvalue weighted by atomic mass is 9.94. The molecule has 1 saturated heterocycles. The van der Waals surface area contributed by atoms with E-state index in [1.807, 2.05) is 39.5 Å². The molecule has 1 amide bonds. The van der Waals surface area contributed by atoms with E-state index in [1.54, 1.807) is 0 Å². The Kier molecular flexibility index (Phi) is 5.99. The Hall–Kier alpha value is -1.10. The van der Waals surface area contributed by atoms with Gasteiger partial charge in [-0.1, -0.05) is 20.8 Å². The Balaban J connectivity index is 2.59. The van der Waals surface area contributed by atoms with Crippen molar-refractivity contribution in [1.29, 1.82) is 0 Å². The number of hydrogen-bond donors (Lipinski definition) is 0. The second-order valence-corrected chi connectivity index (χ2v) is 6.36. The molecule has 0 aromatic rings. The molecule has 0 N–H and O–H groups in total. The summed E-state index contributed by atoms with van der Waals surface area (Å²) in [5, 5.41) is 0. The second kappa shape index (κ2) is 7.07. The Bertz CT molecular complexity index is 350.